The molecular weight excluding hydrogens is 284 g/mol. The Morgan fingerprint density at radius 1 is 1.32 bits per heavy atom. The normalized spacial score (nSPS) is 17.7. The highest BCUT2D eigenvalue weighted by molar-refractivity contribution is 5.85. The van der Waals surface area contributed by atoms with E-state index in [4.69, 9.17) is 14.5 Å². The molecular formula is C16H18N2O4. The van der Waals surface area contributed by atoms with Gasteiger partial charge in [-0.2, -0.15) is 0 Å². The number of nitrogens with zero attached hydrogens (tertiary/aromatic N) is 2. The summed E-state index contributed by atoms with van der Waals surface area (Å²) in [6.45, 7) is 3.62. The maximum atomic E-state index is 11.8. The van der Waals surface area contributed by atoms with Crippen LogP contribution in [0, 0.1) is 0 Å². The molecule has 0 atom stereocenters. The first-order chi connectivity index (χ1) is 10.5. The highest BCUT2D eigenvalue weighted by atomic mass is 16.7. The summed E-state index contributed by atoms with van der Waals surface area (Å²) in [5, 5.41) is 9.66. The van der Waals surface area contributed by atoms with Gasteiger partial charge < -0.3 is 19.1 Å². The Morgan fingerprint density at radius 3 is 2.59 bits per heavy atom. The molecule has 1 aromatic carbocycles. The second-order valence-corrected chi connectivity index (χ2v) is 6.49. The van der Waals surface area contributed by atoms with Gasteiger partial charge in [-0.1, -0.05) is 6.42 Å². The minimum Gasteiger partial charge on any atom is -0.480 e. The molecule has 1 aliphatic heterocycles. The standard InChI is InChI=1S/C16H18N2O4/c1-16(2,15(19)20)18-11-7-13-12(21-8-22-13)6-10(11)17-14(18)9-4-3-5-9/h6-7,9H,3-5,8H2,1-2H3,(H,19,20). The van der Waals surface area contributed by atoms with Crippen molar-refractivity contribution in [1.29, 1.82) is 0 Å². The Hall–Kier alpha value is -2.24. The number of ether oxygens (including phenoxy) is 2. The molecule has 1 fully saturated rings. The van der Waals surface area contributed by atoms with Crippen LogP contribution in [-0.4, -0.2) is 27.4 Å². The second kappa shape index (κ2) is 4.38. The summed E-state index contributed by atoms with van der Waals surface area (Å²) in [5.74, 6) is 1.64. The lowest BCUT2D eigenvalue weighted by Gasteiger charge is -2.31. The van der Waals surface area contributed by atoms with E-state index in [1.807, 2.05) is 16.7 Å². The van der Waals surface area contributed by atoms with Crippen LogP contribution >= 0.6 is 0 Å². The van der Waals surface area contributed by atoms with E-state index in [0.717, 1.165) is 29.7 Å². The van der Waals surface area contributed by atoms with Crippen molar-refractivity contribution in [2.24, 2.45) is 0 Å². The van der Waals surface area contributed by atoms with Crippen LogP contribution in [0.15, 0.2) is 12.1 Å². The first kappa shape index (κ1) is 13.4. The predicted molar refractivity (Wildman–Crippen MR) is 79.4 cm³/mol. The second-order valence-electron chi connectivity index (χ2n) is 6.49. The Morgan fingerprint density at radius 2 is 2.00 bits per heavy atom. The van der Waals surface area contributed by atoms with Gasteiger partial charge >= 0.3 is 5.97 Å². The summed E-state index contributed by atoms with van der Waals surface area (Å²) in [5.41, 5.74) is 0.493. The Labute approximate surface area is 127 Å². The number of imidazole rings is 1. The molecule has 0 radical (unpaired) electrons. The number of carboxylic acids is 1. The molecule has 0 spiro atoms. The predicted octanol–water partition coefficient (Wildman–Crippen LogP) is 2.85. The zero-order valence-electron chi connectivity index (χ0n) is 12.6. The van der Waals surface area contributed by atoms with Gasteiger partial charge in [-0.15, -0.1) is 0 Å². The van der Waals surface area contributed by atoms with Crippen molar-refractivity contribution in [1.82, 2.24) is 9.55 Å². The molecule has 116 valence electrons. The Kier molecular flexibility index (Phi) is 2.67. The van der Waals surface area contributed by atoms with Crippen molar-refractivity contribution in [2.75, 3.05) is 6.79 Å². The lowest BCUT2D eigenvalue weighted by atomic mass is 9.84. The number of aliphatic carboxylic acids is 1. The third-order valence-electron chi connectivity index (χ3n) is 4.73. The molecule has 6 heteroatoms. The molecule has 0 saturated heterocycles. The van der Waals surface area contributed by atoms with E-state index in [-0.39, 0.29) is 6.79 Å². The number of fused-ring (bicyclic) bond motifs is 2. The van der Waals surface area contributed by atoms with Crippen LogP contribution in [0.5, 0.6) is 11.5 Å². The first-order valence-corrected chi connectivity index (χ1v) is 7.54. The molecule has 0 bridgehead atoms. The Bertz CT molecular complexity index is 774. The molecule has 1 N–H and O–H groups in total. The number of carbonyl (C=O) groups is 1. The van der Waals surface area contributed by atoms with Crippen LogP contribution in [0.2, 0.25) is 0 Å². The summed E-state index contributed by atoms with van der Waals surface area (Å²) in [4.78, 5) is 16.5. The highest BCUT2D eigenvalue weighted by Gasteiger charge is 2.37. The number of hydrogen-bond acceptors (Lipinski definition) is 4. The van der Waals surface area contributed by atoms with Gasteiger partial charge in [-0.25, -0.2) is 9.78 Å². The monoisotopic (exact) mass is 302 g/mol. The van der Waals surface area contributed by atoms with Crippen molar-refractivity contribution in [3.05, 3.63) is 18.0 Å². The van der Waals surface area contributed by atoms with Gasteiger partial charge in [0.2, 0.25) is 6.79 Å². The molecule has 1 saturated carbocycles. The van der Waals surface area contributed by atoms with Gasteiger partial charge in [-0.05, 0) is 26.7 Å². The molecule has 2 aliphatic rings. The largest absolute Gasteiger partial charge is 0.480 e. The minimum atomic E-state index is -1.06. The average Bonchev–Trinajstić information content (AvgIpc) is 2.96. The quantitative estimate of drug-likeness (QED) is 0.943. The number of rotatable bonds is 3. The summed E-state index contributed by atoms with van der Waals surface area (Å²) >= 11 is 0. The third kappa shape index (κ3) is 1.73. The average molecular weight is 302 g/mol. The van der Waals surface area contributed by atoms with Crippen molar-refractivity contribution in [3.8, 4) is 11.5 Å². The SMILES string of the molecule is CC(C)(C(=O)O)n1c(C2CCC2)nc2cc3c(cc21)OCO3. The van der Waals surface area contributed by atoms with Crippen LogP contribution in [0.3, 0.4) is 0 Å². The number of benzene rings is 1. The fraction of sp³-hybridized carbons (Fsp3) is 0.500. The van der Waals surface area contributed by atoms with E-state index in [9.17, 15) is 9.90 Å². The summed E-state index contributed by atoms with van der Waals surface area (Å²) in [6.07, 6.45) is 3.29. The van der Waals surface area contributed by atoms with Crippen LogP contribution in [0.4, 0.5) is 0 Å². The van der Waals surface area contributed by atoms with E-state index in [2.05, 4.69) is 0 Å². The maximum absolute atomic E-state index is 11.8. The topological polar surface area (TPSA) is 73.6 Å². The van der Waals surface area contributed by atoms with E-state index in [1.54, 1.807) is 13.8 Å². The van der Waals surface area contributed by atoms with Crippen molar-refractivity contribution < 1.29 is 19.4 Å². The molecule has 4 rings (SSSR count). The maximum Gasteiger partial charge on any atom is 0.329 e. The Balaban J connectivity index is 1.99. The molecule has 0 unspecified atom stereocenters. The van der Waals surface area contributed by atoms with Crippen molar-refractivity contribution >= 4 is 17.0 Å². The fourth-order valence-electron chi connectivity index (χ4n) is 3.11. The van der Waals surface area contributed by atoms with E-state index >= 15 is 0 Å². The van der Waals surface area contributed by atoms with Crippen LogP contribution in [0.1, 0.15) is 44.9 Å². The van der Waals surface area contributed by atoms with Crippen molar-refractivity contribution in [2.45, 2.75) is 44.6 Å². The minimum absolute atomic E-state index is 0.194. The zero-order chi connectivity index (χ0) is 15.5. The highest BCUT2D eigenvalue weighted by Crippen LogP contribution is 2.42. The molecule has 1 aromatic heterocycles. The first-order valence-electron chi connectivity index (χ1n) is 7.54. The summed E-state index contributed by atoms with van der Waals surface area (Å²) in [7, 11) is 0. The smallest absolute Gasteiger partial charge is 0.329 e. The van der Waals surface area contributed by atoms with E-state index in [1.165, 1.54) is 6.42 Å². The molecule has 22 heavy (non-hydrogen) atoms. The number of aromatic nitrogens is 2. The van der Waals surface area contributed by atoms with Crippen LogP contribution < -0.4 is 9.47 Å². The molecule has 0 amide bonds. The van der Waals surface area contributed by atoms with Gasteiger partial charge in [0.15, 0.2) is 11.5 Å². The summed E-state index contributed by atoms with van der Waals surface area (Å²) in [6, 6.07) is 3.69. The number of carboxylic acid groups (broad SMARTS) is 1. The van der Waals surface area contributed by atoms with Gasteiger partial charge in [0.1, 0.15) is 11.4 Å². The van der Waals surface area contributed by atoms with Crippen LogP contribution in [0.25, 0.3) is 11.0 Å². The summed E-state index contributed by atoms with van der Waals surface area (Å²) < 4.78 is 12.7. The third-order valence-corrected chi connectivity index (χ3v) is 4.73. The van der Waals surface area contributed by atoms with Crippen molar-refractivity contribution in [3.63, 3.8) is 0 Å². The van der Waals surface area contributed by atoms with Gasteiger partial charge in [-0.3, -0.25) is 0 Å². The van der Waals surface area contributed by atoms with Gasteiger partial charge in [0, 0.05) is 18.1 Å². The van der Waals surface area contributed by atoms with Gasteiger partial charge in [0.05, 0.1) is 11.0 Å². The lowest BCUT2D eigenvalue weighted by Crippen LogP contribution is -2.37. The molecule has 2 heterocycles. The zero-order valence-corrected chi connectivity index (χ0v) is 12.6. The van der Waals surface area contributed by atoms with E-state index < -0.39 is 11.5 Å². The molecule has 1 aliphatic carbocycles. The van der Waals surface area contributed by atoms with Crippen LogP contribution in [-0.2, 0) is 10.3 Å². The molecule has 2 aromatic rings. The van der Waals surface area contributed by atoms with E-state index in [0.29, 0.717) is 17.4 Å². The molecule has 6 nitrogen and oxygen atoms in total. The fourth-order valence-corrected chi connectivity index (χ4v) is 3.11. The van der Waals surface area contributed by atoms with Gasteiger partial charge in [0.25, 0.3) is 0 Å². The number of hydrogen-bond donors (Lipinski definition) is 1. The lowest BCUT2D eigenvalue weighted by molar-refractivity contribution is -0.145.